The van der Waals surface area contributed by atoms with Crippen molar-refractivity contribution in [1.82, 2.24) is 0 Å². The third-order valence-electron chi connectivity index (χ3n) is 1.60. The van der Waals surface area contributed by atoms with Crippen LogP contribution >= 0.6 is 11.3 Å². The number of rotatable bonds is 4. The third kappa shape index (κ3) is 3.16. The Hall–Kier alpha value is -0.870. The van der Waals surface area contributed by atoms with Crippen LogP contribution in [0.4, 0.5) is 0 Å². The number of ether oxygens (including phenoxy) is 1. The second-order valence-electron chi connectivity index (χ2n) is 2.63. The smallest absolute Gasteiger partial charge is 0.307 e. The number of hydrogen-bond acceptors (Lipinski definition) is 4. The molecule has 0 aliphatic carbocycles. The second-order valence-corrected chi connectivity index (χ2v) is 3.61. The van der Waals surface area contributed by atoms with Crippen LogP contribution in [0.3, 0.4) is 0 Å². The molecule has 0 unspecified atom stereocenters. The zero-order valence-corrected chi connectivity index (χ0v) is 8.34. The van der Waals surface area contributed by atoms with E-state index in [2.05, 4.69) is 0 Å². The third-order valence-corrected chi connectivity index (χ3v) is 2.60. The van der Waals surface area contributed by atoms with Gasteiger partial charge in [-0.05, 0) is 18.4 Å². The maximum absolute atomic E-state index is 11.1. The minimum atomic E-state index is -0.233. The molecule has 0 saturated heterocycles. The summed E-state index contributed by atoms with van der Waals surface area (Å²) in [6, 6.07) is 3.62. The lowest BCUT2D eigenvalue weighted by molar-refractivity contribution is -0.143. The van der Waals surface area contributed by atoms with Gasteiger partial charge in [-0.1, -0.05) is 6.07 Å². The summed E-state index contributed by atoms with van der Waals surface area (Å²) in [6.07, 6.45) is 0.258. The molecule has 4 heteroatoms. The van der Waals surface area contributed by atoms with Gasteiger partial charge in [0.05, 0.1) is 13.0 Å². The fourth-order valence-electron chi connectivity index (χ4n) is 1.00. The molecule has 13 heavy (non-hydrogen) atoms. The van der Waals surface area contributed by atoms with E-state index in [9.17, 15) is 4.79 Å². The average Bonchev–Trinajstić information content (AvgIpc) is 2.55. The first-order valence-corrected chi connectivity index (χ1v) is 5.06. The maximum atomic E-state index is 11.1. The van der Waals surface area contributed by atoms with Gasteiger partial charge in [0.2, 0.25) is 0 Å². The molecule has 3 nitrogen and oxygen atoms in total. The van der Waals surface area contributed by atoms with E-state index in [0.29, 0.717) is 6.61 Å². The zero-order valence-electron chi connectivity index (χ0n) is 7.53. The van der Waals surface area contributed by atoms with Gasteiger partial charge < -0.3 is 10.5 Å². The summed E-state index contributed by atoms with van der Waals surface area (Å²) in [6.45, 7) is 2.20. The van der Waals surface area contributed by atoms with E-state index in [1.807, 2.05) is 17.5 Å². The van der Waals surface area contributed by atoms with Crippen molar-refractivity contribution in [2.24, 2.45) is 5.73 Å². The van der Waals surface area contributed by atoms with Crippen LogP contribution < -0.4 is 5.73 Å². The molecule has 1 heterocycles. The van der Waals surface area contributed by atoms with Crippen LogP contribution in [0.2, 0.25) is 0 Å². The molecule has 0 amide bonds. The number of thiophene rings is 1. The van der Waals surface area contributed by atoms with Gasteiger partial charge in [0.25, 0.3) is 0 Å². The minimum Gasteiger partial charge on any atom is -0.466 e. The highest BCUT2D eigenvalue weighted by Gasteiger charge is 2.12. The lowest BCUT2D eigenvalue weighted by Crippen LogP contribution is -2.16. The first-order valence-electron chi connectivity index (χ1n) is 4.18. The van der Waals surface area contributed by atoms with Crippen LogP contribution in [0.25, 0.3) is 0 Å². The molecule has 0 fully saturated rings. The van der Waals surface area contributed by atoms with E-state index in [-0.39, 0.29) is 18.4 Å². The first kappa shape index (κ1) is 10.2. The lowest BCUT2D eigenvalue weighted by Gasteiger charge is -2.07. The number of hydrogen-bond donors (Lipinski definition) is 1. The van der Waals surface area contributed by atoms with Crippen molar-refractivity contribution < 1.29 is 9.53 Å². The molecule has 2 N–H and O–H groups in total. The van der Waals surface area contributed by atoms with E-state index in [4.69, 9.17) is 10.5 Å². The van der Waals surface area contributed by atoms with E-state index in [1.54, 1.807) is 18.3 Å². The largest absolute Gasteiger partial charge is 0.466 e. The zero-order chi connectivity index (χ0) is 9.68. The summed E-state index contributed by atoms with van der Waals surface area (Å²) in [5.74, 6) is -0.233. The summed E-state index contributed by atoms with van der Waals surface area (Å²) < 4.78 is 4.80. The highest BCUT2D eigenvalue weighted by atomic mass is 32.1. The van der Waals surface area contributed by atoms with Crippen LogP contribution in [0, 0.1) is 0 Å². The van der Waals surface area contributed by atoms with Crippen LogP contribution in [-0.2, 0) is 9.53 Å². The Bertz CT molecular complexity index is 259. The highest BCUT2D eigenvalue weighted by molar-refractivity contribution is 7.10. The number of carbonyl (C=O) groups excluding carboxylic acids is 1. The van der Waals surface area contributed by atoms with Crippen molar-refractivity contribution in [3.05, 3.63) is 22.4 Å². The molecule has 1 aromatic rings. The summed E-state index contributed by atoms with van der Waals surface area (Å²) in [5, 5.41) is 1.94. The van der Waals surface area contributed by atoms with Crippen LogP contribution in [0.5, 0.6) is 0 Å². The van der Waals surface area contributed by atoms with E-state index in [1.165, 1.54) is 0 Å². The predicted octanol–water partition coefficient (Wildman–Crippen LogP) is 1.70. The molecule has 72 valence electrons. The maximum Gasteiger partial charge on any atom is 0.307 e. The summed E-state index contributed by atoms with van der Waals surface area (Å²) in [5.41, 5.74) is 5.78. The van der Waals surface area contributed by atoms with Gasteiger partial charge in [0.15, 0.2) is 0 Å². The monoisotopic (exact) mass is 199 g/mol. The van der Waals surface area contributed by atoms with E-state index >= 15 is 0 Å². The van der Waals surface area contributed by atoms with Crippen LogP contribution in [0.1, 0.15) is 24.3 Å². The van der Waals surface area contributed by atoms with Gasteiger partial charge in [-0.25, -0.2) is 0 Å². The molecular weight excluding hydrogens is 186 g/mol. The van der Waals surface area contributed by atoms with E-state index in [0.717, 1.165) is 4.88 Å². The van der Waals surface area contributed by atoms with Gasteiger partial charge in [-0.3, -0.25) is 4.79 Å². The molecule has 0 aliphatic rings. The van der Waals surface area contributed by atoms with Crippen LogP contribution in [-0.4, -0.2) is 12.6 Å². The number of carbonyl (C=O) groups is 1. The Kier molecular flexibility index (Phi) is 3.92. The highest BCUT2D eigenvalue weighted by Crippen LogP contribution is 2.19. The van der Waals surface area contributed by atoms with Crippen molar-refractivity contribution in [3.8, 4) is 0 Å². The van der Waals surface area contributed by atoms with Gasteiger partial charge in [0.1, 0.15) is 0 Å². The molecule has 0 aromatic carbocycles. The molecule has 0 saturated carbocycles. The Balaban J connectivity index is 2.42. The van der Waals surface area contributed by atoms with Gasteiger partial charge in [-0.15, -0.1) is 11.3 Å². The standard InChI is InChI=1S/C9H13NO2S/c1-2-12-9(11)6-7(10)8-4-3-5-13-8/h3-5,7H,2,6,10H2,1H3/t7-/m0/s1. The minimum absolute atomic E-state index is 0.223. The molecule has 1 atom stereocenters. The van der Waals surface area contributed by atoms with Crippen molar-refractivity contribution >= 4 is 17.3 Å². The Morgan fingerprint density at radius 1 is 1.77 bits per heavy atom. The predicted molar refractivity (Wildman–Crippen MR) is 52.5 cm³/mol. The van der Waals surface area contributed by atoms with Gasteiger partial charge in [-0.2, -0.15) is 0 Å². The van der Waals surface area contributed by atoms with E-state index < -0.39 is 0 Å². The van der Waals surface area contributed by atoms with Crippen molar-refractivity contribution in [3.63, 3.8) is 0 Å². The Morgan fingerprint density at radius 3 is 3.08 bits per heavy atom. The molecule has 0 spiro atoms. The Morgan fingerprint density at radius 2 is 2.54 bits per heavy atom. The molecule has 1 aromatic heterocycles. The SMILES string of the molecule is CCOC(=O)C[C@H](N)c1cccs1. The molecule has 1 rings (SSSR count). The van der Waals surface area contributed by atoms with Gasteiger partial charge in [0, 0.05) is 10.9 Å². The normalized spacial score (nSPS) is 12.5. The van der Waals surface area contributed by atoms with Gasteiger partial charge >= 0.3 is 5.97 Å². The van der Waals surface area contributed by atoms with Crippen molar-refractivity contribution in [2.45, 2.75) is 19.4 Å². The summed E-state index contributed by atoms with van der Waals surface area (Å²) in [4.78, 5) is 12.1. The fourth-order valence-corrected chi connectivity index (χ4v) is 1.73. The molecule has 0 bridgehead atoms. The second kappa shape index (κ2) is 4.99. The van der Waals surface area contributed by atoms with Crippen molar-refractivity contribution in [2.75, 3.05) is 6.61 Å². The molecule has 0 aliphatic heterocycles. The first-order chi connectivity index (χ1) is 6.24. The Labute approximate surface area is 81.5 Å². The molecular formula is C9H13NO2S. The van der Waals surface area contributed by atoms with Crippen LogP contribution in [0.15, 0.2) is 17.5 Å². The summed E-state index contributed by atoms with van der Waals surface area (Å²) >= 11 is 1.56. The summed E-state index contributed by atoms with van der Waals surface area (Å²) in [7, 11) is 0. The number of nitrogens with two attached hydrogens (primary N) is 1. The van der Waals surface area contributed by atoms with Crippen molar-refractivity contribution in [1.29, 1.82) is 0 Å². The average molecular weight is 199 g/mol. The molecule has 0 radical (unpaired) electrons. The quantitative estimate of drug-likeness (QED) is 0.751. The lowest BCUT2D eigenvalue weighted by atomic mass is 10.2. The fraction of sp³-hybridized carbons (Fsp3) is 0.444. The number of esters is 1. The topological polar surface area (TPSA) is 52.3 Å².